The topological polar surface area (TPSA) is 50.7 Å². The maximum Gasteiger partial charge on any atom is 0.126 e. The van der Waals surface area contributed by atoms with Crippen molar-refractivity contribution in [1.29, 1.82) is 0 Å². The van der Waals surface area contributed by atoms with Gasteiger partial charge in [-0.3, -0.25) is 9.97 Å². The standard InChI is InChI=1S/C26H21FN4S/c1-16-10-19(5-7-23(16)27)26-22(18-6-8-24-25(11-18)32-15-31-24)12-21(14-30-26)29-13-20-4-3-9-28-17(20)2/h3-12,14-15,29H,13H2,1-2H3. The molecule has 0 saturated carbocycles. The van der Waals surface area contributed by atoms with Gasteiger partial charge in [0, 0.05) is 29.6 Å². The molecule has 0 aliphatic heterocycles. The van der Waals surface area contributed by atoms with Crippen LogP contribution in [0.5, 0.6) is 0 Å². The largest absolute Gasteiger partial charge is 0.380 e. The third kappa shape index (κ3) is 3.97. The lowest BCUT2D eigenvalue weighted by Crippen LogP contribution is -2.03. The van der Waals surface area contributed by atoms with Crippen LogP contribution in [0.1, 0.15) is 16.8 Å². The Morgan fingerprint density at radius 2 is 1.81 bits per heavy atom. The minimum absolute atomic E-state index is 0.216. The molecule has 0 amide bonds. The number of rotatable bonds is 5. The van der Waals surface area contributed by atoms with Gasteiger partial charge < -0.3 is 5.32 Å². The second-order valence-corrected chi connectivity index (χ2v) is 8.61. The number of aryl methyl sites for hydroxylation is 2. The van der Waals surface area contributed by atoms with Gasteiger partial charge in [-0.15, -0.1) is 11.3 Å². The fourth-order valence-electron chi connectivity index (χ4n) is 3.73. The smallest absolute Gasteiger partial charge is 0.126 e. The average molecular weight is 441 g/mol. The predicted molar refractivity (Wildman–Crippen MR) is 129 cm³/mol. The van der Waals surface area contributed by atoms with Gasteiger partial charge in [-0.25, -0.2) is 9.37 Å². The summed E-state index contributed by atoms with van der Waals surface area (Å²) in [6, 6.07) is 17.5. The van der Waals surface area contributed by atoms with E-state index in [4.69, 9.17) is 4.98 Å². The molecule has 0 bridgehead atoms. The van der Waals surface area contributed by atoms with E-state index in [2.05, 4.69) is 39.6 Å². The monoisotopic (exact) mass is 440 g/mol. The summed E-state index contributed by atoms with van der Waals surface area (Å²) in [4.78, 5) is 13.5. The quantitative estimate of drug-likeness (QED) is 0.327. The minimum atomic E-state index is -0.216. The van der Waals surface area contributed by atoms with Crippen LogP contribution in [0.15, 0.2) is 72.5 Å². The highest BCUT2D eigenvalue weighted by Crippen LogP contribution is 2.35. The molecule has 0 spiro atoms. The number of halogens is 1. The van der Waals surface area contributed by atoms with Crippen LogP contribution in [0.25, 0.3) is 32.6 Å². The summed E-state index contributed by atoms with van der Waals surface area (Å²) in [5.74, 6) is -0.216. The van der Waals surface area contributed by atoms with Crippen LogP contribution in [-0.4, -0.2) is 15.0 Å². The Balaban J connectivity index is 1.58. The number of hydrogen-bond acceptors (Lipinski definition) is 5. The first-order valence-corrected chi connectivity index (χ1v) is 11.2. The molecule has 3 aromatic heterocycles. The van der Waals surface area contributed by atoms with Gasteiger partial charge in [0.05, 0.1) is 33.3 Å². The Labute approximate surface area is 189 Å². The summed E-state index contributed by atoms with van der Waals surface area (Å²) in [5.41, 5.74) is 10.2. The Kier molecular flexibility index (Phi) is 5.37. The number of thiazole rings is 1. The van der Waals surface area contributed by atoms with Crippen molar-refractivity contribution in [1.82, 2.24) is 15.0 Å². The molecule has 4 nitrogen and oxygen atoms in total. The van der Waals surface area contributed by atoms with Crippen LogP contribution < -0.4 is 5.32 Å². The average Bonchev–Trinajstić information content (AvgIpc) is 3.28. The van der Waals surface area contributed by atoms with Crippen molar-refractivity contribution in [2.45, 2.75) is 20.4 Å². The lowest BCUT2D eigenvalue weighted by atomic mass is 9.97. The first kappa shape index (κ1) is 20.3. The summed E-state index contributed by atoms with van der Waals surface area (Å²) < 4.78 is 15.0. The van der Waals surface area contributed by atoms with Crippen molar-refractivity contribution in [2.75, 3.05) is 5.32 Å². The second-order valence-electron chi connectivity index (χ2n) is 7.72. The lowest BCUT2D eigenvalue weighted by Gasteiger charge is -2.14. The number of pyridine rings is 2. The van der Waals surface area contributed by atoms with Gasteiger partial charge >= 0.3 is 0 Å². The molecule has 0 radical (unpaired) electrons. The summed E-state index contributed by atoms with van der Waals surface area (Å²) in [7, 11) is 0. The van der Waals surface area contributed by atoms with Crippen LogP contribution in [0, 0.1) is 19.7 Å². The minimum Gasteiger partial charge on any atom is -0.380 e. The highest BCUT2D eigenvalue weighted by molar-refractivity contribution is 7.16. The molecule has 1 N–H and O–H groups in total. The van der Waals surface area contributed by atoms with Crippen molar-refractivity contribution in [3.8, 4) is 22.4 Å². The lowest BCUT2D eigenvalue weighted by molar-refractivity contribution is 0.619. The van der Waals surface area contributed by atoms with Crippen molar-refractivity contribution in [2.24, 2.45) is 0 Å². The number of anilines is 1. The molecule has 5 rings (SSSR count). The van der Waals surface area contributed by atoms with Gasteiger partial charge in [0.2, 0.25) is 0 Å². The van der Waals surface area contributed by atoms with E-state index >= 15 is 0 Å². The molecule has 158 valence electrons. The molecule has 2 aromatic carbocycles. The van der Waals surface area contributed by atoms with E-state index in [-0.39, 0.29) is 5.82 Å². The Bertz CT molecular complexity index is 1430. The summed E-state index contributed by atoms with van der Waals surface area (Å²) >= 11 is 1.61. The van der Waals surface area contributed by atoms with E-state index < -0.39 is 0 Å². The Hall–Kier alpha value is -3.64. The highest BCUT2D eigenvalue weighted by atomic mass is 32.1. The molecule has 0 fully saturated rings. The van der Waals surface area contributed by atoms with Gasteiger partial charge in [0.1, 0.15) is 5.82 Å². The number of nitrogens with one attached hydrogen (secondary N) is 1. The Morgan fingerprint density at radius 3 is 2.66 bits per heavy atom. The van der Waals surface area contributed by atoms with E-state index in [1.165, 1.54) is 6.07 Å². The van der Waals surface area contributed by atoms with E-state index in [9.17, 15) is 4.39 Å². The van der Waals surface area contributed by atoms with Crippen molar-refractivity contribution in [3.05, 3.63) is 95.1 Å². The third-order valence-electron chi connectivity index (χ3n) is 5.56. The maximum absolute atomic E-state index is 13.9. The summed E-state index contributed by atoms with van der Waals surface area (Å²) in [5, 5.41) is 3.47. The van der Waals surface area contributed by atoms with Gasteiger partial charge in [-0.1, -0.05) is 12.1 Å². The number of hydrogen-bond donors (Lipinski definition) is 1. The fourth-order valence-corrected chi connectivity index (χ4v) is 4.44. The molecule has 0 unspecified atom stereocenters. The molecule has 0 aliphatic rings. The molecule has 0 saturated heterocycles. The predicted octanol–water partition coefficient (Wildman–Crippen LogP) is 6.79. The van der Waals surface area contributed by atoms with Crippen LogP contribution in [0.2, 0.25) is 0 Å². The number of fused-ring (bicyclic) bond motifs is 1. The van der Waals surface area contributed by atoms with Crippen LogP contribution in [0.4, 0.5) is 10.1 Å². The number of nitrogens with zero attached hydrogens (tertiary/aromatic N) is 3. The van der Waals surface area contributed by atoms with Crippen molar-refractivity contribution >= 4 is 27.2 Å². The second kappa shape index (κ2) is 8.48. The number of aromatic nitrogens is 3. The highest BCUT2D eigenvalue weighted by Gasteiger charge is 2.13. The first-order chi connectivity index (χ1) is 15.6. The van der Waals surface area contributed by atoms with Crippen LogP contribution >= 0.6 is 11.3 Å². The molecule has 5 aromatic rings. The zero-order valence-electron chi connectivity index (χ0n) is 17.8. The van der Waals surface area contributed by atoms with Gasteiger partial charge in [-0.2, -0.15) is 0 Å². The van der Waals surface area contributed by atoms with Gasteiger partial charge in [0.15, 0.2) is 0 Å². The third-order valence-corrected chi connectivity index (χ3v) is 6.35. The molecule has 0 aliphatic carbocycles. The van der Waals surface area contributed by atoms with Gasteiger partial charge in [-0.05, 0) is 73.0 Å². The molecule has 32 heavy (non-hydrogen) atoms. The SMILES string of the molecule is Cc1cc(-c2ncc(NCc3cccnc3C)cc2-c2ccc3ncsc3c2)ccc1F. The molecular weight excluding hydrogens is 419 g/mol. The summed E-state index contributed by atoms with van der Waals surface area (Å²) in [6.07, 6.45) is 3.63. The van der Waals surface area contributed by atoms with E-state index in [0.717, 1.165) is 49.5 Å². The van der Waals surface area contributed by atoms with E-state index in [0.29, 0.717) is 12.1 Å². The van der Waals surface area contributed by atoms with E-state index in [1.54, 1.807) is 30.5 Å². The first-order valence-electron chi connectivity index (χ1n) is 10.3. The van der Waals surface area contributed by atoms with Crippen LogP contribution in [-0.2, 0) is 6.54 Å². The molecule has 3 heterocycles. The maximum atomic E-state index is 13.9. The molecular formula is C26H21FN4S. The summed E-state index contributed by atoms with van der Waals surface area (Å²) in [6.45, 7) is 4.43. The van der Waals surface area contributed by atoms with Gasteiger partial charge in [0.25, 0.3) is 0 Å². The van der Waals surface area contributed by atoms with Crippen molar-refractivity contribution in [3.63, 3.8) is 0 Å². The Morgan fingerprint density at radius 1 is 0.938 bits per heavy atom. The molecule has 6 heteroatoms. The van der Waals surface area contributed by atoms with Crippen molar-refractivity contribution < 1.29 is 4.39 Å². The normalized spacial score (nSPS) is 11.1. The number of benzene rings is 2. The fraction of sp³-hybridized carbons (Fsp3) is 0.115. The van der Waals surface area contributed by atoms with Crippen LogP contribution in [0.3, 0.4) is 0 Å². The zero-order valence-corrected chi connectivity index (χ0v) is 18.6. The molecule has 0 atom stereocenters. The zero-order chi connectivity index (χ0) is 22.1. The van der Waals surface area contributed by atoms with E-state index in [1.807, 2.05) is 36.8 Å².